The van der Waals surface area contributed by atoms with E-state index in [-0.39, 0.29) is 30.8 Å². The minimum Gasteiger partial charge on any atom is -0.497 e. The van der Waals surface area contributed by atoms with Crippen molar-refractivity contribution in [3.8, 4) is 5.75 Å². The van der Waals surface area contributed by atoms with Gasteiger partial charge in [-0.2, -0.15) is 0 Å². The van der Waals surface area contributed by atoms with Crippen molar-refractivity contribution in [1.82, 2.24) is 9.88 Å². The molecule has 2 N–H and O–H groups in total. The number of fused-ring (bicyclic) bond motifs is 1. The van der Waals surface area contributed by atoms with Crippen LogP contribution in [0.2, 0.25) is 5.02 Å². The first kappa shape index (κ1) is 24.9. The first-order valence-corrected chi connectivity index (χ1v) is 12.1. The maximum absolute atomic E-state index is 13.0. The molecule has 182 valence electrons. The summed E-state index contributed by atoms with van der Waals surface area (Å²) in [5, 5.41) is 14.3. The number of aliphatic hydroxyl groups excluding tert-OH is 1. The third kappa shape index (κ3) is 5.91. The highest BCUT2D eigenvalue weighted by molar-refractivity contribution is 7.18. The Hall–Kier alpha value is -3.17. The Labute approximate surface area is 211 Å². The lowest BCUT2D eigenvalue weighted by atomic mass is 10.1. The Morgan fingerprint density at radius 1 is 1.20 bits per heavy atom. The molecule has 2 aromatic heterocycles. The van der Waals surface area contributed by atoms with Crippen LogP contribution in [0.3, 0.4) is 0 Å². The van der Waals surface area contributed by atoms with Crippen LogP contribution in [0.5, 0.6) is 5.75 Å². The van der Waals surface area contributed by atoms with Gasteiger partial charge in [0.1, 0.15) is 22.2 Å². The number of rotatable bonds is 9. The molecule has 1 amide bonds. The molecule has 9 heteroatoms. The van der Waals surface area contributed by atoms with Crippen LogP contribution in [-0.2, 0) is 24.9 Å². The summed E-state index contributed by atoms with van der Waals surface area (Å²) in [5.41, 5.74) is 1.33. The molecule has 0 aliphatic heterocycles. The molecule has 1 atom stereocenters. The molecule has 0 aliphatic rings. The molecular formula is C26H25ClN2O5S. The van der Waals surface area contributed by atoms with Gasteiger partial charge in [-0.3, -0.25) is 9.59 Å². The van der Waals surface area contributed by atoms with E-state index in [1.165, 1.54) is 11.3 Å². The first-order chi connectivity index (χ1) is 16.9. The maximum Gasteiger partial charge on any atom is 0.257 e. The van der Waals surface area contributed by atoms with Crippen LogP contribution in [0.4, 0.5) is 0 Å². The summed E-state index contributed by atoms with van der Waals surface area (Å²) < 4.78 is 12.7. The second-order valence-electron chi connectivity index (χ2n) is 8.03. The Morgan fingerprint density at radius 3 is 2.71 bits per heavy atom. The van der Waals surface area contributed by atoms with Crippen molar-refractivity contribution in [2.45, 2.75) is 19.3 Å². The average molecular weight is 513 g/mol. The molecule has 7 nitrogen and oxygen atoms in total. The minimum atomic E-state index is -0.804. The number of halogens is 1. The number of nitrogens with zero attached hydrogens (tertiary/aromatic N) is 1. The molecule has 2 heterocycles. The Bertz CT molecular complexity index is 1400. The zero-order chi connectivity index (χ0) is 24.9. The van der Waals surface area contributed by atoms with Gasteiger partial charge in [-0.1, -0.05) is 35.9 Å². The second kappa shape index (κ2) is 11.0. The zero-order valence-electron chi connectivity index (χ0n) is 19.3. The number of amides is 1. The highest BCUT2D eigenvalue weighted by Gasteiger charge is 2.17. The van der Waals surface area contributed by atoms with Crippen molar-refractivity contribution in [3.05, 3.63) is 97.6 Å². The monoisotopic (exact) mass is 512 g/mol. The van der Waals surface area contributed by atoms with Crippen molar-refractivity contribution in [1.29, 1.82) is 0 Å². The normalized spacial score (nSPS) is 12.0. The quantitative estimate of drug-likeness (QED) is 0.346. The number of hydrogen-bond acceptors (Lipinski definition) is 6. The summed E-state index contributed by atoms with van der Waals surface area (Å²) >= 11 is 7.31. The SMILES string of the molecule is COc1cccc([C@@H](O)COCc2cc3c(=O)c(C(=O)NCc4ccc(Cl)cc4)cn(C)c3s2)c1. The Kier molecular flexibility index (Phi) is 7.87. The highest BCUT2D eigenvalue weighted by Crippen LogP contribution is 2.25. The molecule has 0 bridgehead atoms. The molecule has 0 fully saturated rings. The van der Waals surface area contributed by atoms with Crippen molar-refractivity contribution in [2.24, 2.45) is 7.05 Å². The van der Waals surface area contributed by atoms with Gasteiger partial charge in [0.15, 0.2) is 0 Å². The zero-order valence-corrected chi connectivity index (χ0v) is 20.9. The number of aryl methyl sites for hydroxylation is 1. The summed E-state index contributed by atoms with van der Waals surface area (Å²) in [6.07, 6.45) is 0.747. The van der Waals surface area contributed by atoms with Gasteiger partial charge in [-0.05, 0) is 41.5 Å². The molecular weight excluding hydrogens is 488 g/mol. The number of thiophene rings is 1. The molecule has 0 saturated carbocycles. The number of carbonyl (C=O) groups is 1. The van der Waals surface area contributed by atoms with Crippen molar-refractivity contribution < 1.29 is 19.4 Å². The summed E-state index contributed by atoms with van der Waals surface area (Å²) in [4.78, 5) is 27.3. The van der Waals surface area contributed by atoms with Gasteiger partial charge in [0.25, 0.3) is 5.91 Å². The fraction of sp³-hybridized carbons (Fsp3) is 0.231. The van der Waals surface area contributed by atoms with Crippen LogP contribution in [-0.4, -0.2) is 29.3 Å². The van der Waals surface area contributed by atoms with Crippen LogP contribution in [0.1, 0.15) is 32.5 Å². The van der Waals surface area contributed by atoms with Gasteiger partial charge >= 0.3 is 0 Å². The fourth-order valence-electron chi connectivity index (χ4n) is 3.64. The standard InChI is InChI=1S/C26H25ClN2O5S/c1-29-13-22(25(32)28-12-16-6-8-18(27)9-7-16)24(31)21-11-20(35-26(21)29)14-34-15-23(30)17-4-3-5-19(10-17)33-2/h3-11,13,23,30H,12,14-15H2,1-2H3,(H,28,32)/t23-/m0/s1. The van der Waals surface area contributed by atoms with Crippen LogP contribution >= 0.6 is 22.9 Å². The van der Waals surface area contributed by atoms with E-state index in [9.17, 15) is 14.7 Å². The first-order valence-electron chi connectivity index (χ1n) is 10.9. The fourth-order valence-corrected chi connectivity index (χ4v) is 4.79. The molecule has 4 aromatic rings. The van der Waals surface area contributed by atoms with E-state index in [2.05, 4.69) is 5.32 Å². The van der Waals surface area contributed by atoms with Crippen LogP contribution in [0.15, 0.2) is 65.6 Å². The predicted octanol–water partition coefficient (Wildman–Crippen LogP) is 4.44. The summed E-state index contributed by atoms with van der Waals surface area (Å²) in [5.74, 6) is 0.224. The van der Waals surface area contributed by atoms with Gasteiger partial charge in [0.05, 0.1) is 25.7 Å². The topological polar surface area (TPSA) is 89.8 Å². The lowest BCUT2D eigenvalue weighted by Crippen LogP contribution is -2.29. The minimum absolute atomic E-state index is 0.0766. The lowest BCUT2D eigenvalue weighted by Gasteiger charge is -2.12. The van der Waals surface area contributed by atoms with E-state index in [0.717, 1.165) is 15.3 Å². The molecule has 0 saturated heterocycles. The largest absolute Gasteiger partial charge is 0.497 e. The van der Waals surface area contributed by atoms with E-state index in [1.54, 1.807) is 61.3 Å². The van der Waals surface area contributed by atoms with Gasteiger partial charge in [-0.25, -0.2) is 0 Å². The van der Waals surface area contributed by atoms with Gasteiger partial charge in [-0.15, -0.1) is 11.3 Å². The molecule has 0 aliphatic carbocycles. The Morgan fingerprint density at radius 2 is 1.97 bits per heavy atom. The molecule has 0 radical (unpaired) electrons. The van der Waals surface area contributed by atoms with Crippen molar-refractivity contribution >= 4 is 39.1 Å². The summed E-state index contributed by atoms with van der Waals surface area (Å²) in [6.45, 7) is 0.615. The van der Waals surface area contributed by atoms with Gasteiger partial charge in [0.2, 0.25) is 5.43 Å². The molecule has 0 unspecified atom stereocenters. The van der Waals surface area contributed by atoms with Gasteiger partial charge in [0, 0.05) is 29.7 Å². The van der Waals surface area contributed by atoms with E-state index in [0.29, 0.717) is 21.7 Å². The van der Waals surface area contributed by atoms with E-state index >= 15 is 0 Å². The van der Waals surface area contributed by atoms with Gasteiger partial charge < -0.3 is 24.5 Å². The van der Waals surface area contributed by atoms with E-state index in [1.807, 2.05) is 18.2 Å². The number of nitrogens with one attached hydrogen (secondary N) is 1. The average Bonchev–Trinajstić information content (AvgIpc) is 3.31. The smallest absolute Gasteiger partial charge is 0.257 e. The van der Waals surface area contributed by atoms with E-state index in [4.69, 9.17) is 21.1 Å². The number of pyridine rings is 1. The Balaban J connectivity index is 1.43. The molecule has 4 rings (SSSR count). The van der Waals surface area contributed by atoms with Crippen LogP contribution < -0.4 is 15.5 Å². The number of aromatic nitrogens is 1. The number of hydrogen-bond donors (Lipinski definition) is 2. The third-order valence-corrected chi connectivity index (χ3v) is 6.96. The third-order valence-electron chi connectivity index (χ3n) is 5.51. The number of methoxy groups -OCH3 is 1. The molecule has 35 heavy (non-hydrogen) atoms. The number of carbonyl (C=O) groups excluding carboxylic acids is 1. The predicted molar refractivity (Wildman–Crippen MR) is 137 cm³/mol. The number of aliphatic hydroxyl groups is 1. The maximum atomic E-state index is 13.0. The van der Waals surface area contributed by atoms with E-state index < -0.39 is 12.0 Å². The van der Waals surface area contributed by atoms with Crippen molar-refractivity contribution in [2.75, 3.05) is 13.7 Å². The second-order valence-corrected chi connectivity index (χ2v) is 9.58. The van der Waals surface area contributed by atoms with Crippen LogP contribution in [0, 0.1) is 0 Å². The summed E-state index contributed by atoms with van der Waals surface area (Å²) in [6, 6.07) is 16.1. The summed E-state index contributed by atoms with van der Waals surface area (Å²) in [7, 11) is 3.37. The van der Waals surface area contributed by atoms with Crippen LogP contribution in [0.25, 0.3) is 10.2 Å². The molecule has 2 aromatic carbocycles. The van der Waals surface area contributed by atoms with Crippen molar-refractivity contribution in [3.63, 3.8) is 0 Å². The molecule has 0 spiro atoms. The highest BCUT2D eigenvalue weighted by atomic mass is 35.5. The number of benzene rings is 2. The number of ether oxygens (including phenoxy) is 2. The lowest BCUT2D eigenvalue weighted by molar-refractivity contribution is 0.0286.